The van der Waals surface area contributed by atoms with Crippen molar-refractivity contribution in [2.45, 2.75) is 56.7 Å². The van der Waals surface area contributed by atoms with Crippen molar-refractivity contribution in [3.05, 3.63) is 101 Å². The van der Waals surface area contributed by atoms with Gasteiger partial charge in [-0.2, -0.15) is 0 Å². The van der Waals surface area contributed by atoms with Crippen molar-refractivity contribution in [1.29, 1.82) is 0 Å². The molecule has 6 rings (SSSR count). The van der Waals surface area contributed by atoms with Crippen LogP contribution >= 0.6 is 0 Å². The van der Waals surface area contributed by atoms with Gasteiger partial charge in [-0.25, -0.2) is 0 Å². The number of carboxylic acid groups (broad SMARTS) is 1. The molecule has 0 aromatic heterocycles. The van der Waals surface area contributed by atoms with Gasteiger partial charge < -0.3 is 15.5 Å². The van der Waals surface area contributed by atoms with Crippen LogP contribution < -0.4 is 5.32 Å². The number of hydrogen-bond acceptors (Lipinski definition) is 4. The third kappa shape index (κ3) is 4.65. The van der Waals surface area contributed by atoms with Crippen molar-refractivity contribution in [3.8, 4) is 5.75 Å². The Morgan fingerprint density at radius 1 is 0.972 bits per heavy atom. The van der Waals surface area contributed by atoms with E-state index < -0.39 is 11.4 Å². The molecule has 3 N–H and O–H groups in total. The Morgan fingerprint density at radius 2 is 1.56 bits per heavy atom. The zero-order valence-corrected chi connectivity index (χ0v) is 21.1. The van der Waals surface area contributed by atoms with Gasteiger partial charge in [-0.05, 0) is 74.5 Å². The molecule has 0 aliphatic carbocycles. The van der Waals surface area contributed by atoms with Gasteiger partial charge in [0, 0.05) is 30.1 Å². The SMILES string of the molecule is CC(C)(C(=O)O)c1ccc(O)c(CN[C@H]2C3CCN(CC3)[C@H]2C(c2ccccc2)c2ccccc2)c1. The first-order valence-electron chi connectivity index (χ1n) is 13.0. The number of piperidine rings is 3. The van der Waals surface area contributed by atoms with Crippen LogP contribution in [0.1, 0.15) is 54.9 Å². The van der Waals surface area contributed by atoms with Crippen LogP contribution in [-0.2, 0) is 16.8 Å². The second-order valence-electron chi connectivity index (χ2n) is 10.8. The molecule has 0 amide bonds. The highest BCUT2D eigenvalue weighted by Crippen LogP contribution is 2.42. The molecule has 3 fully saturated rings. The van der Waals surface area contributed by atoms with Gasteiger partial charge in [0.05, 0.1) is 5.41 Å². The van der Waals surface area contributed by atoms with Crippen molar-refractivity contribution in [2.24, 2.45) is 5.92 Å². The van der Waals surface area contributed by atoms with Crippen molar-refractivity contribution < 1.29 is 15.0 Å². The highest BCUT2D eigenvalue weighted by Gasteiger charge is 2.46. The third-order valence-electron chi connectivity index (χ3n) is 8.39. The Morgan fingerprint density at radius 3 is 2.11 bits per heavy atom. The van der Waals surface area contributed by atoms with Gasteiger partial charge in [-0.3, -0.25) is 9.69 Å². The number of rotatable bonds is 8. The summed E-state index contributed by atoms with van der Waals surface area (Å²) in [6, 6.07) is 27.3. The molecule has 3 saturated heterocycles. The van der Waals surface area contributed by atoms with E-state index in [2.05, 4.69) is 70.9 Å². The summed E-state index contributed by atoms with van der Waals surface area (Å²) in [5.74, 6) is 0.126. The van der Waals surface area contributed by atoms with E-state index in [1.807, 2.05) is 6.07 Å². The third-order valence-corrected chi connectivity index (χ3v) is 8.39. The maximum absolute atomic E-state index is 11.8. The van der Waals surface area contributed by atoms with E-state index in [1.54, 1.807) is 26.0 Å². The van der Waals surface area contributed by atoms with Gasteiger partial charge in [0.1, 0.15) is 5.75 Å². The van der Waals surface area contributed by atoms with Crippen LogP contribution in [0.3, 0.4) is 0 Å². The van der Waals surface area contributed by atoms with Crippen LogP contribution in [0.2, 0.25) is 0 Å². The van der Waals surface area contributed by atoms with E-state index in [4.69, 9.17) is 0 Å². The molecule has 2 bridgehead atoms. The average molecular weight is 485 g/mol. The summed E-state index contributed by atoms with van der Waals surface area (Å²) in [6.07, 6.45) is 2.34. The molecule has 2 atom stereocenters. The molecule has 0 saturated carbocycles. The highest BCUT2D eigenvalue weighted by atomic mass is 16.4. The fraction of sp³-hybridized carbons (Fsp3) is 0.387. The second kappa shape index (κ2) is 10.1. The molecule has 3 aliphatic heterocycles. The molecular weight excluding hydrogens is 448 g/mol. The Balaban J connectivity index is 1.47. The van der Waals surface area contributed by atoms with Crippen LogP contribution in [0.5, 0.6) is 5.75 Å². The first-order chi connectivity index (χ1) is 17.4. The topological polar surface area (TPSA) is 72.8 Å². The fourth-order valence-corrected chi connectivity index (χ4v) is 6.16. The largest absolute Gasteiger partial charge is 0.508 e. The molecule has 0 radical (unpaired) electrons. The van der Waals surface area contributed by atoms with Gasteiger partial charge in [-0.1, -0.05) is 66.7 Å². The fourth-order valence-electron chi connectivity index (χ4n) is 6.16. The molecule has 36 heavy (non-hydrogen) atoms. The second-order valence-corrected chi connectivity index (χ2v) is 10.8. The van der Waals surface area contributed by atoms with E-state index in [0.29, 0.717) is 24.1 Å². The van der Waals surface area contributed by atoms with Crippen molar-refractivity contribution in [2.75, 3.05) is 13.1 Å². The van der Waals surface area contributed by atoms with Crippen molar-refractivity contribution in [1.82, 2.24) is 10.2 Å². The number of hydrogen-bond donors (Lipinski definition) is 3. The molecule has 0 unspecified atom stereocenters. The number of aromatic hydroxyl groups is 1. The lowest BCUT2D eigenvalue weighted by Crippen LogP contribution is -2.64. The summed E-state index contributed by atoms with van der Waals surface area (Å²) >= 11 is 0. The number of benzene rings is 3. The van der Waals surface area contributed by atoms with E-state index in [0.717, 1.165) is 18.7 Å². The zero-order chi connectivity index (χ0) is 25.3. The summed E-state index contributed by atoms with van der Waals surface area (Å²) in [5.41, 5.74) is 3.06. The summed E-state index contributed by atoms with van der Waals surface area (Å²) in [5, 5.41) is 24.2. The lowest BCUT2D eigenvalue weighted by molar-refractivity contribution is -0.142. The van der Waals surface area contributed by atoms with Crippen molar-refractivity contribution >= 4 is 5.97 Å². The molecule has 3 heterocycles. The van der Waals surface area contributed by atoms with E-state index in [1.165, 1.54) is 24.0 Å². The Kier molecular flexibility index (Phi) is 6.87. The molecule has 0 spiro atoms. The lowest BCUT2D eigenvalue weighted by atomic mass is 9.70. The van der Waals surface area contributed by atoms with Gasteiger partial charge in [0.2, 0.25) is 0 Å². The van der Waals surface area contributed by atoms with Gasteiger partial charge >= 0.3 is 5.97 Å². The standard InChI is InChI=1S/C31H36N2O3/c1-31(2,30(35)36)25-13-14-26(34)24(19-25)20-32-28-23-15-17-33(18-16-23)29(28)27(21-9-5-3-6-10-21)22-11-7-4-8-12-22/h3-14,19,23,27-29,32,34H,15-18,20H2,1-2H3,(H,35,36)/t28-,29-/m0/s1. The highest BCUT2D eigenvalue weighted by molar-refractivity contribution is 5.80. The molecule has 3 aromatic rings. The normalized spacial score (nSPS) is 23.6. The molecule has 188 valence electrons. The number of phenolic OH excluding ortho intramolecular Hbond substituents is 1. The molecule has 5 heteroatoms. The summed E-state index contributed by atoms with van der Waals surface area (Å²) < 4.78 is 0. The summed E-state index contributed by atoms with van der Waals surface area (Å²) in [6.45, 7) is 6.12. The van der Waals surface area contributed by atoms with Crippen LogP contribution in [0.15, 0.2) is 78.9 Å². The maximum Gasteiger partial charge on any atom is 0.313 e. The van der Waals surface area contributed by atoms with Crippen LogP contribution in [0.4, 0.5) is 0 Å². The number of nitrogens with one attached hydrogen (secondary N) is 1. The summed E-state index contributed by atoms with van der Waals surface area (Å²) in [7, 11) is 0. The molecule has 5 nitrogen and oxygen atoms in total. The van der Waals surface area contributed by atoms with Gasteiger partial charge in [0.15, 0.2) is 0 Å². The van der Waals surface area contributed by atoms with Crippen LogP contribution in [0.25, 0.3) is 0 Å². The van der Waals surface area contributed by atoms with E-state index in [9.17, 15) is 15.0 Å². The first kappa shape index (κ1) is 24.5. The number of carboxylic acids is 1. The minimum Gasteiger partial charge on any atom is -0.508 e. The predicted octanol–water partition coefficient (Wildman–Crippen LogP) is 5.14. The number of aliphatic carboxylic acids is 1. The molecular formula is C31H36N2O3. The number of fused-ring (bicyclic) bond motifs is 3. The van der Waals surface area contributed by atoms with E-state index in [-0.39, 0.29) is 17.7 Å². The summed E-state index contributed by atoms with van der Waals surface area (Å²) in [4.78, 5) is 14.5. The minimum absolute atomic E-state index is 0.202. The molecule has 3 aromatic carbocycles. The Hall–Kier alpha value is -3.15. The number of carbonyl (C=O) groups is 1. The lowest BCUT2D eigenvalue weighted by Gasteiger charge is -2.54. The quantitative estimate of drug-likeness (QED) is 0.413. The molecule has 3 aliphatic rings. The van der Waals surface area contributed by atoms with Crippen LogP contribution in [-0.4, -0.2) is 46.3 Å². The number of phenols is 1. The predicted molar refractivity (Wildman–Crippen MR) is 142 cm³/mol. The zero-order valence-electron chi connectivity index (χ0n) is 21.1. The maximum atomic E-state index is 11.8. The van der Waals surface area contributed by atoms with Gasteiger partial charge in [-0.15, -0.1) is 0 Å². The van der Waals surface area contributed by atoms with Crippen molar-refractivity contribution in [3.63, 3.8) is 0 Å². The first-order valence-corrected chi connectivity index (χ1v) is 13.0. The smallest absolute Gasteiger partial charge is 0.313 e. The monoisotopic (exact) mass is 484 g/mol. The number of nitrogens with zero attached hydrogens (tertiary/aromatic N) is 1. The Bertz CT molecular complexity index is 1150. The van der Waals surface area contributed by atoms with Crippen LogP contribution in [0, 0.1) is 5.92 Å². The Labute approximate surface area is 213 Å². The van der Waals surface area contributed by atoms with E-state index >= 15 is 0 Å². The minimum atomic E-state index is -1.02. The average Bonchev–Trinajstić information content (AvgIpc) is 2.90. The van der Waals surface area contributed by atoms with Gasteiger partial charge in [0.25, 0.3) is 0 Å².